The lowest BCUT2D eigenvalue weighted by Crippen LogP contribution is -2.16. The maximum absolute atomic E-state index is 5.47. The highest BCUT2D eigenvalue weighted by atomic mass is 16.5. The molecular formula is C14H20N6O. The molecule has 1 aromatic heterocycles. The van der Waals surface area contributed by atoms with Gasteiger partial charge in [-0.25, -0.2) is 5.84 Å². The third kappa shape index (κ3) is 4.57. The summed E-state index contributed by atoms with van der Waals surface area (Å²) >= 11 is 0. The zero-order valence-corrected chi connectivity index (χ0v) is 12.4. The number of nitrogens with zero attached hydrogens (tertiary/aromatic N) is 3. The van der Waals surface area contributed by atoms with Gasteiger partial charge in [0.15, 0.2) is 0 Å². The summed E-state index contributed by atoms with van der Waals surface area (Å²) in [6.07, 6.45) is -0.0250. The summed E-state index contributed by atoms with van der Waals surface area (Å²) in [6, 6.07) is 8.46. The standard InChI is InChI=1S/C14H20N6O/c1-9(2)21-14-18-12(17-13(19-14)20-15)16-8-11-6-4-10(3)5-7-11/h4-7,9H,8,15H2,1-3H3,(H2,16,17,18,19,20). The molecule has 0 radical (unpaired) electrons. The van der Waals surface area contributed by atoms with Crippen LogP contribution in [-0.2, 0) is 6.54 Å². The molecule has 1 heterocycles. The topological polar surface area (TPSA) is 98.0 Å². The lowest BCUT2D eigenvalue weighted by molar-refractivity contribution is 0.222. The molecule has 2 rings (SSSR count). The summed E-state index contributed by atoms with van der Waals surface area (Å²) in [7, 11) is 0. The van der Waals surface area contributed by atoms with Crippen LogP contribution in [0.15, 0.2) is 24.3 Å². The van der Waals surface area contributed by atoms with Gasteiger partial charge in [0, 0.05) is 6.54 Å². The van der Waals surface area contributed by atoms with Crippen molar-refractivity contribution in [2.24, 2.45) is 5.84 Å². The van der Waals surface area contributed by atoms with Crippen molar-refractivity contribution in [2.45, 2.75) is 33.4 Å². The molecule has 7 heteroatoms. The second-order valence-corrected chi connectivity index (χ2v) is 4.92. The Morgan fingerprint density at radius 2 is 1.76 bits per heavy atom. The van der Waals surface area contributed by atoms with Crippen LogP contribution < -0.4 is 21.3 Å². The van der Waals surface area contributed by atoms with E-state index in [2.05, 4.69) is 56.9 Å². The first kappa shape index (κ1) is 15.0. The Hall–Kier alpha value is -2.41. The van der Waals surface area contributed by atoms with Gasteiger partial charge in [0.1, 0.15) is 0 Å². The van der Waals surface area contributed by atoms with Crippen LogP contribution in [-0.4, -0.2) is 21.1 Å². The van der Waals surface area contributed by atoms with E-state index in [1.807, 2.05) is 13.8 Å². The molecule has 1 aromatic carbocycles. The van der Waals surface area contributed by atoms with Crippen LogP contribution in [0.3, 0.4) is 0 Å². The highest BCUT2D eigenvalue weighted by molar-refractivity contribution is 5.36. The van der Waals surface area contributed by atoms with E-state index in [1.54, 1.807) is 0 Å². The van der Waals surface area contributed by atoms with Crippen molar-refractivity contribution in [3.63, 3.8) is 0 Å². The average molecular weight is 288 g/mol. The van der Waals surface area contributed by atoms with Crippen LogP contribution in [0, 0.1) is 6.92 Å². The summed E-state index contributed by atoms with van der Waals surface area (Å²) in [5.41, 5.74) is 4.76. The number of benzene rings is 1. The number of rotatable bonds is 6. The number of anilines is 2. The maximum atomic E-state index is 5.47. The van der Waals surface area contributed by atoms with E-state index in [4.69, 9.17) is 10.6 Å². The third-order valence-corrected chi connectivity index (χ3v) is 2.66. The zero-order chi connectivity index (χ0) is 15.2. The first-order chi connectivity index (χ1) is 10.1. The maximum Gasteiger partial charge on any atom is 0.323 e. The Morgan fingerprint density at radius 3 is 2.38 bits per heavy atom. The number of hydrogen-bond acceptors (Lipinski definition) is 7. The molecule has 0 saturated carbocycles. The zero-order valence-electron chi connectivity index (χ0n) is 12.4. The number of ether oxygens (including phenoxy) is 1. The van der Waals surface area contributed by atoms with Crippen LogP contribution in [0.4, 0.5) is 11.9 Å². The van der Waals surface area contributed by atoms with Crippen molar-refractivity contribution >= 4 is 11.9 Å². The van der Waals surface area contributed by atoms with Crippen molar-refractivity contribution in [1.82, 2.24) is 15.0 Å². The Balaban J connectivity index is 2.09. The normalized spacial score (nSPS) is 10.5. The first-order valence-corrected chi connectivity index (χ1v) is 6.75. The van der Waals surface area contributed by atoms with Gasteiger partial charge in [-0.2, -0.15) is 15.0 Å². The lowest BCUT2D eigenvalue weighted by Gasteiger charge is -2.11. The van der Waals surface area contributed by atoms with E-state index in [0.717, 1.165) is 5.56 Å². The van der Waals surface area contributed by atoms with Gasteiger partial charge >= 0.3 is 6.01 Å². The molecule has 0 saturated heterocycles. The van der Waals surface area contributed by atoms with E-state index in [-0.39, 0.29) is 18.1 Å². The molecule has 2 aromatic rings. The van der Waals surface area contributed by atoms with Gasteiger partial charge in [-0.15, -0.1) is 0 Å². The van der Waals surface area contributed by atoms with Crippen LogP contribution in [0.5, 0.6) is 6.01 Å². The largest absolute Gasteiger partial charge is 0.461 e. The van der Waals surface area contributed by atoms with Gasteiger partial charge in [-0.1, -0.05) is 29.8 Å². The van der Waals surface area contributed by atoms with Crippen molar-refractivity contribution in [3.05, 3.63) is 35.4 Å². The van der Waals surface area contributed by atoms with Gasteiger partial charge < -0.3 is 10.1 Å². The predicted molar refractivity (Wildman–Crippen MR) is 81.9 cm³/mol. The van der Waals surface area contributed by atoms with Gasteiger partial charge in [0.25, 0.3) is 0 Å². The Morgan fingerprint density at radius 1 is 1.10 bits per heavy atom. The van der Waals surface area contributed by atoms with Crippen molar-refractivity contribution in [3.8, 4) is 6.01 Å². The minimum atomic E-state index is -0.0250. The highest BCUT2D eigenvalue weighted by Gasteiger charge is 2.08. The Bertz CT molecular complexity index is 585. The fraction of sp³-hybridized carbons (Fsp3) is 0.357. The molecule has 0 aliphatic rings. The molecule has 0 unspecified atom stereocenters. The van der Waals surface area contributed by atoms with Crippen LogP contribution >= 0.6 is 0 Å². The fourth-order valence-corrected chi connectivity index (χ4v) is 1.65. The molecule has 0 atom stereocenters. The van der Waals surface area contributed by atoms with E-state index in [0.29, 0.717) is 12.5 Å². The second-order valence-electron chi connectivity index (χ2n) is 4.92. The van der Waals surface area contributed by atoms with Gasteiger partial charge in [-0.3, -0.25) is 5.43 Å². The number of hydrazine groups is 1. The van der Waals surface area contributed by atoms with Crippen molar-refractivity contribution in [1.29, 1.82) is 0 Å². The Kier molecular flexibility index (Phi) is 4.89. The van der Waals surface area contributed by atoms with Crippen LogP contribution in [0.25, 0.3) is 0 Å². The molecular weight excluding hydrogens is 268 g/mol. The van der Waals surface area contributed by atoms with E-state index in [9.17, 15) is 0 Å². The number of aromatic nitrogens is 3. The number of nitrogens with two attached hydrogens (primary N) is 1. The smallest absolute Gasteiger partial charge is 0.323 e. The molecule has 112 valence electrons. The summed E-state index contributed by atoms with van der Waals surface area (Å²) in [5, 5.41) is 3.13. The molecule has 7 nitrogen and oxygen atoms in total. The van der Waals surface area contributed by atoms with Gasteiger partial charge in [-0.05, 0) is 26.3 Å². The molecule has 0 fully saturated rings. The van der Waals surface area contributed by atoms with Crippen LogP contribution in [0.1, 0.15) is 25.0 Å². The third-order valence-electron chi connectivity index (χ3n) is 2.66. The van der Waals surface area contributed by atoms with Gasteiger partial charge in [0.05, 0.1) is 6.10 Å². The van der Waals surface area contributed by atoms with Crippen molar-refractivity contribution in [2.75, 3.05) is 10.7 Å². The highest BCUT2D eigenvalue weighted by Crippen LogP contribution is 2.13. The lowest BCUT2D eigenvalue weighted by atomic mass is 10.1. The first-order valence-electron chi connectivity index (χ1n) is 6.75. The monoisotopic (exact) mass is 288 g/mol. The number of aryl methyl sites for hydroxylation is 1. The second kappa shape index (κ2) is 6.85. The SMILES string of the molecule is Cc1ccc(CNc2nc(NN)nc(OC(C)C)n2)cc1. The molecule has 4 N–H and O–H groups in total. The summed E-state index contributed by atoms with van der Waals surface area (Å²) in [4.78, 5) is 12.4. The van der Waals surface area contributed by atoms with Crippen molar-refractivity contribution < 1.29 is 4.74 Å². The van der Waals surface area contributed by atoms with Crippen LogP contribution in [0.2, 0.25) is 0 Å². The minimum absolute atomic E-state index is 0.0250. The quantitative estimate of drug-likeness (QED) is 0.551. The summed E-state index contributed by atoms with van der Waals surface area (Å²) in [6.45, 7) is 6.46. The van der Waals surface area contributed by atoms with E-state index >= 15 is 0 Å². The minimum Gasteiger partial charge on any atom is -0.461 e. The number of nitrogen functional groups attached to an aromatic ring is 1. The molecule has 21 heavy (non-hydrogen) atoms. The molecule has 0 bridgehead atoms. The summed E-state index contributed by atoms with van der Waals surface area (Å²) in [5.74, 6) is 6.02. The molecule has 0 aliphatic heterocycles. The molecule has 0 spiro atoms. The fourth-order valence-electron chi connectivity index (χ4n) is 1.65. The van der Waals surface area contributed by atoms with E-state index in [1.165, 1.54) is 5.56 Å². The van der Waals surface area contributed by atoms with Gasteiger partial charge in [0.2, 0.25) is 11.9 Å². The predicted octanol–water partition coefficient (Wildman–Crippen LogP) is 1.86. The average Bonchev–Trinajstić information content (AvgIpc) is 2.45. The Labute approximate surface area is 123 Å². The van der Waals surface area contributed by atoms with E-state index < -0.39 is 0 Å². The number of nitrogens with one attached hydrogen (secondary N) is 2. The molecule has 0 aliphatic carbocycles. The molecule has 0 amide bonds. The number of hydrogen-bond donors (Lipinski definition) is 3. The summed E-state index contributed by atoms with van der Waals surface area (Å²) < 4.78 is 5.47.